The molecule has 0 radical (unpaired) electrons. The van der Waals surface area contributed by atoms with Crippen LogP contribution in [0, 0.1) is 0 Å². The second kappa shape index (κ2) is 3.97. The molecule has 1 saturated heterocycles. The van der Waals surface area contributed by atoms with E-state index in [-0.39, 0.29) is 0 Å². The van der Waals surface area contributed by atoms with Crippen LogP contribution in [0.1, 0.15) is 19.3 Å². The summed E-state index contributed by atoms with van der Waals surface area (Å²) in [6.45, 7) is 0. The van der Waals surface area contributed by atoms with Crippen LogP contribution in [0.2, 0.25) is 0 Å². The highest BCUT2D eigenvalue weighted by Gasteiger charge is 2.21. The minimum atomic E-state index is -0.877. The molecule has 0 amide bonds. The normalized spacial score (nSPS) is 26.8. The van der Waals surface area contributed by atoms with Crippen LogP contribution in [0.5, 0.6) is 0 Å². The number of rotatable bonds is 3. The lowest BCUT2D eigenvalue weighted by molar-refractivity contribution is -0.138. The van der Waals surface area contributed by atoms with E-state index in [0.29, 0.717) is 11.7 Å². The molecule has 0 spiro atoms. The van der Waals surface area contributed by atoms with E-state index in [1.807, 2.05) is 11.8 Å². The minimum absolute atomic E-state index is 0.487. The largest absolute Gasteiger partial charge is 0.480 e. The molecule has 1 aliphatic heterocycles. The molecule has 1 heterocycles. The van der Waals surface area contributed by atoms with Crippen LogP contribution < -0.4 is 5.73 Å². The van der Waals surface area contributed by atoms with Crippen LogP contribution in [0.15, 0.2) is 0 Å². The van der Waals surface area contributed by atoms with Gasteiger partial charge in [-0.2, -0.15) is 11.8 Å². The molecule has 0 aromatic heterocycles. The molecule has 0 aromatic rings. The van der Waals surface area contributed by atoms with Gasteiger partial charge in [0, 0.05) is 5.25 Å². The molecule has 3 N–H and O–H groups in total. The van der Waals surface area contributed by atoms with Crippen molar-refractivity contribution in [2.24, 2.45) is 5.73 Å². The molecule has 0 aromatic carbocycles. The second-order valence-corrected chi connectivity index (χ2v) is 4.22. The van der Waals surface area contributed by atoms with Gasteiger partial charge in [0.25, 0.3) is 0 Å². The summed E-state index contributed by atoms with van der Waals surface area (Å²) in [6.07, 6.45) is 2.97. The van der Waals surface area contributed by atoms with Crippen molar-refractivity contribution < 1.29 is 9.90 Å². The number of carbonyl (C=O) groups is 1. The molecule has 1 rings (SSSR count). The smallest absolute Gasteiger partial charge is 0.320 e. The van der Waals surface area contributed by atoms with E-state index in [1.165, 1.54) is 6.42 Å². The van der Waals surface area contributed by atoms with E-state index < -0.39 is 12.0 Å². The monoisotopic (exact) mass is 175 g/mol. The van der Waals surface area contributed by atoms with E-state index in [4.69, 9.17) is 10.8 Å². The van der Waals surface area contributed by atoms with Gasteiger partial charge >= 0.3 is 5.97 Å². The Morgan fingerprint density at radius 2 is 2.55 bits per heavy atom. The van der Waals surface area contributed by atoms with E-state index in [2.05, 4.69) is 0 Å². The van der Waals surface area contributed by atoms with Crippen molar-refractivity contribution >= 4 is 17.7 Å². The first kappa shape index (κ1) is 8.87. The molecule has 1 aliphatic rings. The third kappa shape index (κ3) is 2.71. The van der Waals surface area contributed by atoms with E-state index in [9.17, 15) is 4.79 Å². The summed E-state index contributed by atoms with van der Waals surface area (Å²) in [6, 6.07) is -0.661. The van der Waals surface area contributed by atoms with E-state index in [0.717, 1.165) is 12.2 Å². The minimum Gasteiger partial charge on any atom is -0.480 e. The Balaban J connectivity index is 2.23. The highest BCUT2D eigenvalue weighted by atomic mass is 32.2. The van der Waals surface area contributed by atoms with Crippen LogP contribution in [-0.4, -0.2) is 28.1 Å². The topological polar surface area (TPSA) is 63.3 Å². The molecule has 0 bridgehead atoms. The molecular formula is C7H13NO2S. The van der Waals surface area contributed by atoms with Crippen molar-refractivity contribution in [3.63, 3.8) is 0 Å². The maximum Gasteiger partial charge on any atom is 0.320 e. The summed E-state index contributed by atoms with van der Waals surface area (Å²) < 4.78 is 0. The van der Waals surface area contributed by atoms with Gasteiger partial charge in [0.15, 0.2) is 0 Å². The Bertz CT molecular complexity index is 145. The maximum atomic E-state index is 10.4. The van der Waals surface area contributed by atoms with Crippen molar-refractivity contribution in [2.45, 2.75) is 30.6 Å². The molecule has 0 saturated carbocycles. The van der Waals surface area contributed by atoms with Gasteiger partial charge in [-0.25, -0.2) is 0 Å². The zero-order valence-electron chi connectivity index (χ0n) is 6.32. The zero-order chi connectivity index (χ0) is 8.27. The summed E-state index contributed by atoms with van der Waals surface area (Å²) in [5.41, 5.74) is 5.38. The SMILES string of the molecule is N[C@@H](C[C@H]1CCCS1)C(=O)O. The first-order valence-corrected chi connectivity index (χ1v) is 4.85. The van der Waals surface area contributed by atoms with Gasteiger partial charge in [-0.1, -0.05) is 0 Å². The van der Waals surface area contributed by atoms with Crippen LogP contribution >= 0.6 is 11.8 Å². The zero-order valence-corrected chi connectivity index (χ0v) is 7.14. The van der Waals surface area contributed by atoms with Gasteiger partial charge < -0.3 is 10.8 Å². The van der Waals surface area contributed by atoms with Gasteiger partial charge in [0.2, 0.25) is 0 Å². The van der Waals surface area contributed by atoms with Crippen molar-refractivity contribution in [1.29, 1.82) is 0 Å². The summed E-state index contributed by atoms with van der Waals surface area (Å²) in [7, 11) is 0. The second-order valence-electron chi connectivity index (χ2n) is 2.82. The van der Waals surface area contributed by atoms with Gasteiger partial charge in [0.05, 0.1) is 0 Å². The number of thioether (sulfide) groups is 1. The first-order chi connectivity index (χ1) is 5.20. The van der Waals surface area contributed by atoms with Crippen molar-refractivity contribution in [3.05, 3.63) is 0 Å². The van der Waals surface area contributed by atoms with Crippen molar-refractivity contribution in [2.75, 3.05) is 5.75 Å². The van der Waals surface area contributed by atoms with Crippen LogP contribution in [-0.2, 0) is 4.79 Å². The number of carboxylic acid groups (broad SMARTS) is 1. The highest BCUT2D eigenvalue weighted by molar-refractivity contribution is 8.00. The lowest BCUT2D eigenvalue weighted by atomic mass is 10.1. The molecular weight excluding hydrogens is 162 g/mol. The molecule has 1 fully saturated rings. The molecule has 0 aliphatic carbocycles. The Morgan fingerprint density at radius 3 is 3.00 bits per heavy atom. The number of carboxylic acids is 1. The average molecular weight is 175 g/mol. The molecule has 64 valence electrons. The van der Waals surface area contributed by atoms with Crippen molar-refractivity contribution in [1.82, 2.24) is 0 Å². The third-order valence-electron chi connectivity index (χ3n) is 1.86. The highest BCUT2D eigenvalue weighted by Crippen LogP contribution is 2.29. The fourth-order valence-electron chi connectivity index (χ4n) is 1.21. The number of hydrogen-bond donors (Lipinski definition) is 2. The van der Waals surface area contributed by atoms with Crippen LogP contribution in [0.3, 0.4) is 0 Å². The predicted molar refractivity (Wildman–Crippen MR) is 45.7 cm³/mol. The van der Waals surface area contributed by atoms with Gasteiger partial charge in [-0.15, -0.1) is 0 Å². The third-order valence-corrected chi connectivity index (χ3v) is 3.28. The average Bonchev–Trinajstić information content (AvgIpc) is 2.39. The van der Waals surface area contributed by atoms with Gasteiger partial charge in [-0.3, -0.25) is 4.79 Å². The van der Waals surface area contributed by atoms with E-state index >= 15 is 0 Å². The number of aliphatic carboxylic acids is 1. The number of nitrogens with two attached hydrogens (primary N) is 1. The standard InChI is InChI=1S/C7H13NO2S/c8-6(7(9)10)4-5-2-1-3-11-5/h5-6H,1-4,8H2,(H,9,10)/t5-,6+/m1/s1. The Hall–Kier alpha value is -0.220. The molecule has 0 unspecified atom stereocenters. The first-order valence-electron chi connectivity index (χ1n) is 3.80. The van der Waals surface area contributed by atoms with Gasteiger partial charge in [0.1, 0.15) is 6.04 Å². The van der Waals surface area contributed by atoms with Crippen molar-refractivity contribution in [3.8, 4) is 0 Å². The Morgan fingerprint density at radius 1 is 1.82 bits per heavy atom. The predicted octanol–water partition coefficient (Wildman–Crippen LogP) is 0.684. The fourth-order valence-corrected chi connectivity index (χ4v) is 2.56. The molecule has 3 nitrogen and oxygen atoms in total. The van der Waals surface area contributed by atoms with Crippen LogP contribution in [0.25, 0.3) is 0 Å². The van der Waals surface area contributed by atoms with Crippen LogP contribution in [0.4, 0.5) is 0 Å². The molecule has 11 heavy (non-hydrogen) atoms. The summed E-state index contributed by atoms with van der Waals surface area (Å²) in [5, 5.41) is 9.00. The quantitative estimate of drug-likeness (QED) is 0.662. The van der Waals surface area contributed by atoms with E-state index in [1.54, 1.807) is 0 Å². The lowest BCUT2D eigenvalue weighted by Gasteiger charge is -2.10. The summed E-state index contributed by atoms with van der Waals surface area (Å²) >= 11 is 1.84. The molecule has 2 atom stereocenters. The number of hydrogen-bond acceptors (Lipinski definition) is 3. The summed E-state index contributed by atoms with van der Waals surface area (Å²) in [5.74, 6) is 0.286. The Labute approximate surface area is 70.3 Å². The molecule has 4 heteroatoms. The summed E-state index contributed by atoms with van der Waals surface area (Å²) in [4.78, 5) is 10.4. The lowest BCUT2D eigenvalue weighted by Crippen LogP contribution is -2.32. The fraction of sp³-hybridized carbons (Fsp3) is 0.857. The van der Waals surface area contributed by atoms with Gasteiger partial charge in [-0.05, 0) is 25.0 Å². The maximum absolute atomic E-state index is 10.4. The Kier molecular flexibility index (Phi) is 3.20.